The van der Waals surface area contributed by atoms with Crippen LogP contribution in [0.3, 0.4) is 0 Å². The van der Waals surface area contributed by atoms with Crippen molar-refractivity contribution in [2.75, 3.05) is 26.2 Å². The molecule has 0 bridgehead atoms. The summed E-state index contributed by atoms with van der Waals surface area (Å²) in [4.78, 5) is 28.7. The number of para-hydroxylation sites is 2. The molecule has 0 radical (unpaired) electrons. The minimum Gasteiger partial charge on any atom is -0.342 e. The van der Waals surface area contributed by atoms with Crippen LogP contribution in [0, 0.1) is 5.92 Å². The number of H-pyrrole nitrogens is 1. The molecule has 3 fully saturated rings. The third kappa shape index (κ3) is 4.17. The van der Waals surface area contributed by atoms with Gasteiger partial charge in [-0.25, -0.2) is 4.79 Å². The molecule has 2 saturated heterocycles. The van der Waals surface area contributed by atoms with Gasteiger partial charge in [-0.3, -0.25) is 9.36 Å². The lowest BCUT2D eigenvalue weighted by Gasteiger charge is -2.23. The molecule has 2 N–H and O–H groups in total. The normalized spacial score (nSPS) is 21.1. The van der Waals surface area contributed by atoms with Gasteiger partial charge in [-0.05, 0) is 63.7 Å². The molecule has 28 heavy (non-hydrogen) atoms. The molecule has 1 aromatic carbocycles. The van der Waals surface area contributed by atoms with Crippen LogP contribution >= 0.6 is 0 Å². The molecule has 1 amide bonds. The van der Waals surface area contributed by atoms with E-state index in [1.54, 1.807) is 0 Å². The lowest BCUT2D eigenvalue weighted by atomic mass is 10.1. The van der Waals surface area contributed by atoms with Crippen molar-refractivity contribution in [3.05, 3.63) is 34.7 Å². The van der Waals surface area contributed by atoms with Crippen LogP contribution in [0.1, 0.15) is 57.4 Å². The summed E-state index contributed by atoms with van der Waals surface area (Å²) in [6, 6.07) is 8.23. The molecule has 2 aliphatic heterocycles. The number of benzene rings is 1. The highest BCUT2D eigenvalue weighted by Crippen LogP contribution is 2.27. The predicted molar refractivity (Wildman–Crippen MR) is 111 cm³/mol. The zero-order valence-corrected chi connectivity index (χ0v) is 16.7. The number of amides is 1. The highest BCUT2D eigenvalue weighted by molar-refractivity contribution is 5.79. The number of fused-ring (bicyclic) bond motifs is 1. The van der Waals surface area contributed by atoms with Crippen molar-refractivity contribution in [2.45, 2.75) is 57.4 Å². The number of aromatic nitrogens is 2. The standard InChI is InChI=1S/C12H15N3O.C10H17NO/c16-12-14-10-3-1-2-4-11(10)15(12)9-5-7-13-8-6-9;12-10(9-5-1-2-6-9)11-7-3-4-8-11/h1-4,9,13H,5-8H2,(H,14,16);9H,1-8H2. The number of hydrogen-bond acceptors (Lipinski definition) is 3. The summed E-state index contributed by atoms with van der Waals surface area (Å²) in [5, 5.41) is 3.32. The molecule has 0 spiro atoms. The Labute approximate surface area is 166 Å². The molecule has 152 valence electrons. The van der Waals surface area contributed by atoms with Crippen molar-refractivity contribution in [3.8, 4) is 0 Å². The van der Waals surface area contributed by atoms with E-state index in [2.05, 4.69) is 15.2 Å². The van der Waals surface area contributed by atoms with Gasteiger partial charge >= 0.3 is 5.69 Å². The van der Waals surface area contributed by atoms with Gasteiger partial charge in [0.05, 0.1) is 11.0 Å². The summed E-state index contributed by atoms with van der Waals surface area (Å²) in [5.74, 6) is 0.841. The number of rotatable bonds is 2. The Morgan fingerprint density at radius 2 is 1.61 bits per heavy atom. The van der Waals surface area contributed by atoms with Crippen LogP contribution in [0.15, 0.2) is 29.1 Å². The number of likely N-dealkylation sites (tertiary alicyclic amines) is 1. The van der Waals surface area contributed by atoms with E-state index < -0.39 is 0 Å². The quantitative estimate of drug-likeness (QED) is 0.836. The second-order valence-corrected chi connectivity index (χ2v) is 8.31. The third-order valence-electron chi connectivity index (χ3n) is 6.42. The number of nitrogens with zero attached hydrogens (tertiary/aromatic N) is 2. The van der Waals surface area contributed by atoms with E-state index in [4.69, 9.17) is 0 Å². The molecule has 1 aliphatic carbocycles. The Bertz CT molecular complexity index is 820. The Balaban J connectivity index is 0.000000143. The maximum absolute atomic E-state index is 11.9. The van der Waals surface area contributed by atoms with Crippen LogP contribution in [0.5, 0.6) is 0 Å². The molecule has 3 aliphatic rings. The maximum Gasteiger partial charge on any atom is 0.326 e. The second kappa shape index (κ2) is 8.95. The Hall–Kier alpha value is -2.08. The summed E-state index contributed by atoms with van der Waals surface area (Å²) in [7, 11) is 0. The molecule has 1 saturated carbocycles. The SMILES string of the molecule is O=C(C1CCCC1)N1CCCC1.O=c1[nH]c2ccccc2n1C1CCNCC1. The van der Waals surface area contributed by atoms with Crippen LogP contribution in [-0.4, -0.2) is 46.5 Å². The van der Waals surface area contributed by atoms with Crippen molar-refractivity contribution >= 4 is 16.9 Å². The Kier molecular flexibility index (Phi) is 6.15. The number of carbonyl (C=O) groups is 1. The van der Waals surface area contributed by atoms with Gasteiger partial charge in [0.15, 0.2) is 0 Å². The summed E-state index contributed by atoms with van der Waals surface area (Å²) < 4.78 is 1.91. The van der Waals surface area contributed by atoms with Crippen LogP contribution < -0.4 is 11.0 Å². The second-order valence-electron chi connectivity index (χ2n) is 8.31. The van der Waals surface area contributed by atoms with E-state index in [1.807, 2.05) is 28.8 Å². The lowest BCUT2D eigenvalue weighted by Crippen LogP contribution is -2.33. The van der Waals surface area contributed by atoms with E-state index in [0.29, 0.717) is 17.9 Å². The molecule has 5 rings (SSSR count). The van der Waals surface area contributed by atoms with Crippen molar-refractivity contribution in [2.24, 2.45) is 5.92 Å². The molecular formula is C22H32N4O2. The average molecular weight is 385 g/mol. The zero-order chi connectivity index (χ0) is 19.3. The van der Waals surface area contributed by atoms with Gasteiger partial charge in [0, 0.05) is 25.0 Å². The number of imidazole rings is 1. The minimum absolute atomic E-state index is 0.0214. The highest BCUT2D eigenvalue weighted by Gasteiger charge is 2.28. The van der Waals surface area contributed by atoms with Gasteiger partial charge in [-0.15, -0.1) is 0 Å². The molecule has 0 atom stereocenters. The fraction of sp³-hybridized carbons (Fsp3) is 0.636. The van der Waals surface area contributed by atoms with E-state index in [9.17, 15) is 9.59 Å². The third-order valence-corrected chi connectivity index (χ3v) is 6.42. The van der Waals surface area contributed by atoms with Gasteiger partial charge in [-0.1, -0.05) is 25.0 Å². The minimum atomic E-state index is 0.0214. The van der Waals surface area contributed by atoms with E-state index in [0.717, 1.165) is 62.9 Å². The first-order chi connectivity index (χ1) is 13.7. The van der Waals surface area contributed by atoms with Crippen molar-refractivity contribution in [1.29, 1.82) is 0 Å². The van der Waals surface area contributed by atoms with Crippen molar-refractivity contribution < 1.29 is 4.79 Å². The van der Waals surface area contributed by atoms with Crippen molar-refractivity contribution in [1.82, 2.24) is 19.8 Å². The largest absolute Gasteiger partial charge is 0.342 e. The predicted octanol–water partition coefficient (Wildman–Crippen LogP) is 3.05. The lowest BCUT2D eigenvalue weighted by molar-refractivity contribution is -0.134. The summed E-state index contributed by atoms with van der Waals surface area (Å²) in [5.41, 5.74) is 1.98. The molecular weight excluding hydrogens is 352 g/mol. The van der Waals surface area contributed by atoms with Gasteiger partial charge < -0.3 is 15.2 Å². The number of nitrogens with one attached hydrogen (secondary N) is 2. The number of piperidine rings is 1. The first kappa shape index (κ1) is 19.2. The van der Waals surface area contributed by atoms with Crippen LogP contribution in [0.2, 0.25) is 0 Å². The molecule has 3 heterocycles. The van der Waals surface area contributed by atoms with Gasteiger partial charge in [0.25, 0.3) is 0 Å². The fourth-order valence-corrected chi connectivity index (χ4v) is 4.87. The summed E-state index contributed by atoms with van der Waals surface area (Å²) in [6.45, 7) is 4.04. The monoisotopic (exact) mass is 384 g/mol. The van der Waals surface area contributed by atoms with Crippen LogP contribution in [0.4, 0.5) is 0 Å². The van der Waals surface area contributed by atoms with Crippen molar-refractivity contribution in [3.63, 3.8) is 0 Å². The van der Waals surface area contributed by atoms with Crippen LogP contribution in [0.25, 0.3) is 11.0 Å². The highest BCUT2D eigenvalue weighted by atomic mass is 16.2. The summed E-state index contributed by atoms with van der Waals surface area (Å²) in [6.07, 6.45) is 9.33. The average Bonchev–Trinajstić information content (AvgIpc) is 3.48. The number of aromatic amines is 1. The number of carbonyl (C=O) groups excluding carboxylic acids is 1. The Morgan fingerprint density at radius 1 is 0.929 bits per heavy atom. The molecule has 6 nitrogen and oxygen atoms in total. The first-order valence-electron chi connectivity index (χ1n) is 10.9. The molecule has 0 unspecified atom stereocenters. The Morgan fingerprint density at radius 3 is 2.32 bits per heavy atom. The number of hydrogen-bond donors (Lipinski definition) is 2. The summed E-state index contributed by atoms with van der Waals surface area (Å²) >= 11 is 0. The van der Waals surface area contributed by atoms with E-state index >= 15 is 0 Å². The molecule has 6 heteroatoms. The fourth-order valence-electron chi connectivity index (χ4n) is 4.87. The first-order valence-corrected chi connectivity index (χ1v) is 10.9. The van der Waals surface area contributed by atoms with Crippen LogP contribution in [-0.2, 0) is 4.79 Å². The topological polar surface area (TPSA) is 70.1 Å². The van der Waals surface area contributed by atoms with E-state index in [1.165, 1.54) is 25.7 Å². The van der Waals surface area contributed by atoms with Gasteiger partial charge in [-0.2, -0.15) is 0 Å². The van der Waals surface area contributed by atoms with E-state index in [-0.39, 0.29) is 5.69 Å². The maximum atomic E-state index is 11.9. The smallest absolute Gasteiger partial charge is 0.326 e. The van der Waals surface area contributed by atoms with Gasteiger partial charge in [0.2, 0.25) is 5.91 Å². The molecule has 2 aromatic rings. The zero-order valence-electron chi connectivity index (χ0n) is 16.7. The van der Waals surface area contributed by atoms with Gasteiger partial charge in [0.1, 0.15) is 0 Å². The molecule has 1 aromatic heterocycles.